The number of nitrogens with zero attached hydrogens (tertiary/aromatic N) is 2. The average molecular weight is 218 g/mol. The van der Waals surface area contributed by atoms with Crippen molar-refractivity contribution in [3.8, 4) is 0 Å². The Hall–Kier alpha value is -1.75. The predicted molar refractivity (Wildman–Crippen MR) is 55.6 cm³/mol. The molecule has 0 bridgehead atoms. The van der Waals surface area contributed by atoms with Gasteiger partial charge in [0.05, 0.1) is 5.69 Å². The minimum Gasteiger partial charge on any atom is -0.198 e. The lowest BCUT2D eigenvalue weighted by Crippen LogP contribution is -2.00. The molecule has 0 aliphatic carbocycles. The van der Waals surface area contributed by atoms with Crippen LogP contribution >= 0.6 is 0 Å². The molecule has 2 aromatic rings. The second kappa shape index (κ2) is 2.64. The summed E-state index contributed by atoms with van der Waals surface area (Å²) in [7, 11) is -3.59. The summed E-state index contributed by atoms with van der Waals surface area (Å²) >= 11 is 0. The maximum absolute atomic E-state index is 11.6. The van der Waals surface area contributed by atoms with Gasteiger partial charge in [0.1, 0.15) is 4.90 Å². The highest BCUT2D eigenvalue weighted by molar-refractivity contribution is 7.90. The van der Waals surface area contributed by atoms with E-state index in [0.29, 0.717) is 11.1 Å². The molecule has 0 radical (unpaired) electrons. The average Bonchev–Trinajstić information content (AvgIpc) is 2.24. The van der Waals surface area contributed by atoms with Crippen molar-refractivity contribution >= 4 is 26.5 Å². The van der Waals surface area contributed by atoms with Crippen molar-refractivity contribution < 1.29 is 8.42 Å². The highest BCUT2D eigenvalue weighted by atomic mass is 32.2. The van der Waals surface area contributed by atoms with Crippen LogP contribution in [0.15, 0.2) is 50.9 Å². The molecule has 0 fully saturated rings. The summed E-state index contributed by atoms with van der Waals surface area (Å²) in [5.41, 5.74) is 0.609. The van der Waals surface area contributed by atoms with Crippen LogP contribution in [0.1, 0.15) is 0 Å². The van der Waals surface area contributed by atoms with Crippen molar-refractivity contribution in [2.75, 3.05) is 0 Å². The topological polar surface area (TPSA) is 58.9 Å². The summed E-state index contributed by atoms with van der Waals surface area (Å²) in [6.45, 7) is 0. The highest BCUT2D eigenvalue weighted by Gasteiger charge is 2.22. The van der Waals surface area contributed by atoms with Crippen LogP contribution in [-0.2, 0) is 10.0 Å². The van der Waals surface area contributed by atoms with Crippen molar-refractivity contribution in [3.05, 3.63) is 36.4 Å². The Bertz CT molecular complexity index is 684. The van der Waals surface area contributed by atoms with Crippen LogP contribution in [-0.4, -0.2) is 8.42 Å². The standard InChI is InChI=1S/C10H6N2O2S/c13-15(14)9-6-2-4-7-3-1-5-8(10(7)9)11-12-15/h1-6H. The van der Waals surface area contributed by atoms with Gasteiger partial charge in [-0.05, 0) is 17.5 Å². The molecule has 15 heavy (non-hydrogen) atoms. The van der Waals surface area contributed by atoms with Crippen molar-refractivity contribution in [1.82, 2.24) is 0 Å². The predicted octanol–water partition coefficient (Wildman–Crippen LogP) is 2.63. The summed E-state index contributed by atoms with van der Waals surface area (Å²) < 4.78 is 26.5. The lowest BCUT2D eigenvalue weighted by atomic mass is 10.1. The second-order valence-electron chi connectivity index (χ2n) is 3.29. The van der Waals surface area contributed by atoms with Crippen molar-refractivity contribution in [3.63, 3.8) is 0 Å². The van der Waals surface area contributed by atoms with Crippen LogP contribution < -0.4 is 0 Å². The molecule has 1 aliphatic rings. The Morgan fingerprint density at radius 1 is 1.00 bits per heavy atom. The van der Waals surface area contributed by atoms with E-state index in [-0.39, 0.29) is 4.90 Å². The van der Waals surface area contributed by atoms with Gasteiger partial charge < -0.3 is 0 Å². The SMILES string of the molecule is O=S1(=O)N=Nc2cccc3cccc1c23. The molecular formula is C10H6N2O2S. The molecule has 0 spiro atoms. The van der Waals surface area contributed by atoms with E-state index < -0.39 is 10.0 Å². The van der Waals surface area contributed by atoms with Gasteiger partial charge in [-0.3, -0.25) is 0 Å². The van der Waals surface area contributed by atoms with E-state index in [4.69, 9.17) is 0 Å². The van der Waals surface area contributed by atoms with Gasteiger partial charge in [0.15, 0.2) is 0 Å². The third kappa shape index (κ3) is 1.10. The maximum Gasteiger partial charge on any atom is 0.300 e. The summed E-state index contributed by atoms with van der Waals surface area (Å²) in [5, 5.41) is 5.23. The van der Waals surface area contributed by atoms with Gasteiger partial charge in [-0.1, -0.05) is 28.8 Å². The summed E-state index contributed by atoms with van der Waals surface area (Å²) in [5.74, 6) is 0. The van der Waals surface area contributed by atoms with Crippen LogP contribution in [0.2, 0.25) is 0 Å². The third-order valence-corrected chi connectivity index (χ3v) is 3.57. The fourth-order valence-corrected chi connectivity index (χ4v) is 2.74. The minimum atomic E-state index is -3.59. The fourth-order valence-electron chi connectivity index (χ4n) is 1.73. The quantitative estimate of drug-likeness (QED) is 0.682. The van der Waals surface area contributed by atoms with E-state index in [1.54, 1.807) is 18.2 Å². The molecule has 4 nitrogen and oxygen atoms in total. The first kappa shape index (κ1) is 8.55. The molecule has 0 aromatic heterocycles. The zero-order valence-electron chi connectivity index (χ0n) is 7.58. The van der Waals surface area contributed by atoms with E-state index >= 15 is 0 Å². The lowest BCUT2D eigenvalue weighted by molar-refractivity contribution is 0.595. The van der Waals surface area contributed by atoms with Crippen LogP contribution in [0.5, 0.6) is 0 Å². The smallest absolute Gasteiger partial charge is 0.198 e. The lowest BCUT2D eigenvalue weighted by Gasteiger charge is -2.09. The maximum atomic E-state index is 11.6. The van der Waals surface area contributed by atoms with Crippen molar-refractivity contribution in [2.45, 2.75) is 4.90 Å². The normalized spacial score (nSPS) is 16.8. The summed E-state index contributed by atoms with van der Waals surface area (Å²) in [4.78, 5) is 0.241. The van der Waals surface area contributed by atoms with Gasteiger partial charge >= 0.3 is 0 Å². The fraction of sp³-hybridized carbons (Fsp3) is 0. The van der Waals surface area contributed by atoms with E-state index in [1.807, 2.05) is 18.2 Å². The Balaban J connectivity index is 2.64. The van der Waals surface area contributed by atoms with Gasteiger partial charge in [-0.2, -0.15) is 8.42 Å². The van der Waals surface area contributed by atoms with E-state index in [1.165, 1.54) is 0 Å². The first-order chi connectivity index (χ1) is 7.18. The monoisotopic (exact) mass is 218 g/mol. The van der Waals surface area contributed by atoms with Crippen LogP contribution in [0.4, 0.5) is 5.69 Å². The Morgan fingerprint density at radius 3 is 2.53 bits per heavy atom. The van der Waals surface area contributed by atoms with Crippen LogP contribution in [0.25, 0.3) is 10.8 Å². The Labute approximate surface area is 86.3 Å². The van der Waals surface area contributed by atoms with E-state index in [0.717, 1.165) is 5.39 Å². The molecule has 0 atom stereocenters. The van der Waals surface area contributed by atoms with E-state index in [9.17, 15) is 8.42 Å². The first-order valence-electron chi connectivity index (χ1n) is 4.38. The molecule has 74 valence electrons. The van der Waals surface area contributed by atoms with Gasteiger partial charge in [0, 0.05) is 5.39 Å². The van der Waals surface area contributed by atoms with Crippen LogP contribution in [0, 0.1) is 0 Å². The number of sulfonamides is 1. The number of hydrogen-bond donors (Lipinski definition) is 0. The first-order valence-corrected chi connectivity index (χ1v) is 5.82. The van der Waals surface area contributed by atoms with Crippen LogP contribution in [0.3, 0.4) is 0 Å². The molecule has 3 rings (SSSR count). The largest absolute Gasteiger partial charge is 0.300 e. The van der Waals surface area contributed by atoms with Gasteiger partial charge in [-0.25, -0.2) is 0 Å². The molecule has 0 saturated carbocycles. The Morgan fingerprint density at radius 2 is 1.73 bits per heavy atom. The molecule has 1 heterocycles. The molecule has 0 unspecified atom stereocenters. The molecule has 1 aliphatic heterocycles. The zero-order chi connectivity index (χ0) is 10.5. The molecule has 0 saturated heterocycles. The molecule has 2 aromatic carbocycles. The summed E-state index contributed by atoms with van der Waals surface area (Å²) in [6, 6.07) is 10.6. The molecular weight excluding hydrogens is 212 g/mol. The van der Waals surface area contributed by atoms with E-state index in [2.05, 4.69) is 9.63 Å². The number of hydrogen-bond acceptors (Lipinski definition) is 3. The van der Waals surface area contributed by atoms with Crippen molar-refractivity contribution in [2.24, 2.45) is 9.63 Å². The molecule has 0 amide bonds. The van der Waals surface area contributed by atoms with Gasteiger partial charge in [0.25, 0.3) is 10.0 Å². The third-order valence-electron chi connectivity index (χ3n) is 2.38. The van der Waals surface area contributed by atoms with Crippen molar-refractivity contribution in [1.29, 1.82) is 0 Å². The molecule has 5 heteroatoms. The second-order valence-corrected chi connectivity index (χ2v) is 4.84. The zero-order valence-corrected chi connectivity index (χ0v) is 8.40. The number of benzene rings is 2. The van der Waals surface area contributed by atoms with Gasteiger partial charge in [0.2, 0.25) is 0 Å². The highest BCUT2D eigenvalue weighted by Crippen LogP contribution is 2.36. The van der Waals surface area contributed by atoms with Gasteiger partial charge in [-0.15, -0.1) is 5.11 Å². The summed E-state index contributed by atoms with van der Waals surface area (Å²) in [6.07, 6.45) is 0. The molecule has 0 N–H and O–H groups in total. The number of rotatable bonds is 0. The minimum absolute atomic E-state index is 0.241. The Kier molecular flexibility index (Phi) is 1.50.